The van der Waals surface area contributed by atoms with Gasteiger partial charge in [-0.05, 0) is 44.1 Å². The summed E-state index contributed by atoms with van der Waals surface area (Å²) in [6, 6.07) is -4.55. The van der Waals surface area contributed by atoms with Crippen molar-refractivity contribution in [2.24, 2.45) is 23.3 Å². The fraction of sp³-hybridized carbons (Fsp3) is 0.773. The second-order valence-electron chi connectivity index (χ2n) is 8.95. The minimum Gasteiger partial charge on any atom is -0.481 e. The second kappa shape index (κ2) is 16.0. The summed E-state index contributed by atoms with van der Waals surface area (Å²) >= 11 is 0. The molecule has 0 rings (SSSR count). The second-order valence-corrected chi connectivity index (χ2v) is 8.95. The number of carboxylic acid groups (broad SMARTS) is 2. The summed E-state index contributed by atoms with van der Waals surface area (Å²) < 4.78 is 0. The Morgan fingerprint density at radius 1 is 0.853 bits per heavy atom. The van der Waals surface area contributed by atoms with Gasteiger partial charge in [-0.2, -0.15) is 0 Å². The van der Waals surface area contributed by atoms with Gasteiger partial charge in [-0.1, -0.05) is 34.1 Å². The molecule has 0 saturated carbocycles. The zero-order valence-corrected chi connectivity index (χ0v) is 20.5. The summed E-state index contributed by atoms with van der Waals surface area (Å²) in [5.74, 6) is -4.82. The maximum absolute atomic E-state index is 13.0. The number of unbranched alkanes of at least 4 members (excludes halogenated alkanes) is 1. The van der Waals surface area contributed by atoms with Gasteiger partial charge < -0.3 is 37.6 Å². The molecule has 0 aromatic heterocycles. The van der Waals surface area contributed by atoms with E-state index < -0.39 is 60.2 Å². The molecule has 12 nitrogen and oxygen atoms in total. The number of nitrogens with two attached hydrogens (primary N) is 2. The van der Waals surface area contributed by atoms with Crippen molar-refractivity contribution in [3.63, 3.8) is 0 Å². The van der Waals surface area contributed by atoms with Crippen LogP contribution in [0.15, 0.2) is 0 Å². The highest BCUT2D eigenvalue weighted by Gasteiger charge is 2.33. The van der Waals surface area contributed by atoms with Gasteiger partial charge in [0.05, 0.1) is 12.5 Å². The summed E-state index contributed by atoms with van der Waals surface area (Å²) in [6.07, 6.45) is 1.43. The standard InChI is InChI=1S/C22H41N5O7/c1-5-13(4)18(21(32)26-16(22(33)34)10-12(2)3)27-20(31)15(8-6-7-9-23)25-19(30)14(24)11-17(28)29/h12-16,18H,5-11,23-24H2,1-4H3,(H,25,30)(H,26,32)(H,27,31)(H,28,29)(H,33,34). The van der Waals surface area contributed by atoms with Crippen molar-refractivity contribution in [2.75, 3.05) is 6.54 Å². The number of aliphatic carboxylic acids is 2. The summed E-state index contributed by atoms with van der Waals surface area (Å²) in [4.78, 5) is 60.7. The number of carbonyl (C=O) groups is 5. The summed E-state index contributed by atoms with van der Waals surface area (Å²) in [7, 11) is 0. The smallest absolute Gasteiger partial charge is 0.326 e. The van der Waals surface area contributed by atoms with Gasteiger partial charge in [0, 0.05) is 0 Å². The Kier molecular flexibility index (Phi) is 14.7. The Balaban J connectivity index is 5.57. The molecule has 34 heavy (non-hydrogen) atoms. The third-order valence-corrected chi connectivity index (χ3v) is 5.43. The number of carboxylic acids is 2. The first-order valence-electron chi connectivity index (χ1n) is 11.6. The first-order chi connectivity index (χ1) is 15.8. The van der Waals surface area contributed by atoms with Gasteiger partial charge in [-0.25, -0.2) is 4.79 Å². The molecule has 12 heteroatoms. The maximum Gasteiger partial charge on any atom is 0.326 e. The van der Waals surface area contributed by atoms with E-state index in [4.69, 9.17) is 16.6 Å². The van der Waals surface area contributed by atoms with Gasteiger partial charge >= 0.3 is 11.9 Å². The number of hydrogen-bond donors (Lipinski definition) is 7. The predicted molar refractivity (Wildman–Crippen MR) is 125 cm³/mol. The molecule has 9 N–H and O–H groups in total. The van der Waals surface area contributed by atoms with Crippen molar-refractivity contribution in [3.05, 3.63) is 0 Å². The molecule has 0 aromatic carbocycles. The van der Waals surface area contributed by atoms with E-state index in [1.807, 2.05) is 20.8 Å². The molecule has 0 aliphatic rings. The van der Waals surface area contributed by atoms with Gasteiger partial charge in [-0.15, -0.1) is 0 Å². The van der Waals surface area contributed by atoms with E-state index in [2.05, 4.69) is 16.0 Å². The first kappa shape index (κ1) is 31.3. The molecule has 5 unspecified atom stereocenters. The predicted octanol–water partition coefficient (Wildman–Crippen LogP) is -0.451. The third kappa shape index (κ3) is 11.9. The SMILES string of the molecule is CCC(C)C(NC(=O)C(CCCCN)NC(=O)C(N)CC(=O)O)C(=O)NC(CC(C)C)C(=O)O. The third-order valence-electron chi connectivity index (χ3n) is 5.43. The first-order valence-corrected chi connectivity index (χ1v) is 11.6. The van der Waals surface area contributed by atoms with Gasteiger partial charge in [-0.3, -0.25) is 19.2 Å². The molecule has 0 fully saturated rings. The lowest BCUT2D eigenvalue weighted by Crippen LogP contribution is -2.58. The fourth-order valence-corrected chi connectivity index (χ4v) is 3.23. The Labute approximate surface area is 200 Å². The molecular formula is C22H41N5O7. The van der Waals surface area contributed by atoms with Crippen LogP contribution in [-0.2, 0) is 24.0 Å². The molecule has 0 aromatic rings. The monoisotopic (exact) mass is 487 g/mol. The van der Waals surface area contributed by atoms with E-state index >= 15 is 0 Å². The maximum atomic E-state index is 13.0. The Bertz CT molecular complexity index is 701. The summed E-state index contributed by atoms with van der Waals surface area (Å²) in [5, 5.41) is 25.9. The van der Waals surface area contributed by atoms with E-state index in [1.54, 1.807) is 6.92 Å². The van der Waals surface area contributed by atoms with Crippen molar-refractivity contribution in [3.8, 4) is 0 Å². The molecule has 0 heterocycles. The van der Waals surface area contributed by atoms with Crippen LogP contribution in [-0.4, -0.2) is 70.6 Å². The molecule has 5 atom stereocenters. The molecule has 0 aliphatic heterocycles. The highest BCUT2D eigenvalue weighted by atomic mass is 16.4. The largest absolute Gasteiger partial charge is 0.481 e. The van der Waals surface area contributed by atoms with Crippen LogP contribution in [0.1, 0.15) is 66.2 Å². The molecule has 0 saturated heterocycles. The van der Waals surface area contributed by atoms with E-state index in [9.17, 15) is 29.1 Å². The quantitative estimate of drug-likeness (QED) is 0.132. The van der Waals surface area contributed by atoms with Crippen molar-refractivity contribution < 1.29 is 34.2 Å². The van der Waals surface area contributed by atoms with Crippen LogP contribution in [0.2, 0.25) is 0 Å². The van der Waals surface area contributed by atoms with Crippen molar-refractivity contribution in [1.29, 1.82) is 0 Å². The molecule has 0 bridgehead atoms. The van der Waals surface area contributed by atoms with Gasteiger partial charge in [0.2, 0.25) is 17.7 Å². The van der Waals surface area contributed by atoms with Crippen LogP contribution in [0, 0.1) is 11.8 Å². The number of hydrogen-bond acceptors (Lipinski definition) is 7. The minimum absolute atomic E-state index is 0.0233. The lowest BCUT2D eigenvalue weighted by Gasteiger charge is -2.28. The number of amides is 3. The van der Waals surface area contributed by atoms with E-state index in [0.717, 1.165) is 0 Å². The Morgan fingerprint density at radius 2 is 1.44 bits per heavy atom. The molecule has 0 aliphatic carbocycles. The van der Waals surface area contributed by atoms with Crippen molar-refractivity contribution in [2.45, 2.75) is 90.4 Å². The van der Waals surface area contributed by atoms with Crippen LogP contribution in [0.25, 0.3) is 0 Å². The van der Waals surface area contributed by atoms with E-state index in [1.165, 1.54) is 0 Å². The molecule has 196 valence electrons. The average Bonchev–Trinajstić information content (AvgIpc) is 2.74. The lowest BCUT2D eigenvalue weighted by atomic mass is 9.96. The zero-order valence-electron chi connectivity index (χ0n) is 20.5. The van der Waals surface area contributed by atoms with Crippen LogP contribution in [0.3, 0.4) is 0 Å². The zero-order chi connectivity index (χ0) is 26.4. The molecule has 0 radical (unpaired) electrons. The van der Waals surface area contributed by atoms with Crippen molar-refractivity contribution in [1.82, 2.24) is 16.0 Å². The Morgan fingerprint density at radius 3 is 1.91 bits per heavy atom. The lowest BCUT2D eigenvalue weighted by molar-refractivity contribution is -0.143. The number of rotatable bonds is 17. The van der Waals surface area contributed by atoms with E-state index in [-0.39, 0.29) is 24.7 Å². The number of nitrogens with one attached hydrogen (secondary N) is 3. The minimum atomic E-state index is -1.34. The highest BCUT2D eigenvalue weighted by molar-refractivity contribution is 5.94. The highest BCUT2D eigenvalue weighted by Crippen LogP contribution is 2.12. The van der Waals surface area contributed by atoms with Crippen molar-refractivity contribution >= 4 is 29.7 Å². The van der Waals surface area contributed by atoms with Crippen LogP contribution < -0.4 is 27.4 Å². The summed E-state index contributed by atoms with van der Waals surface area (Å²) in [5.41, 5.74) is 11.1. The normalized spacial score (nSPS) is 15.5. The molecule has 3 amide bonds. The average molecular weight is 488 g/mol. The van der Waals surface area contributed by atoms with Crippen LogP contribution >= 0.6 is 0 Å². The van der Waals surface area contributed by atoms with Crippen LogP contribution in [0.5, 0.6) is 0 Å². The van der Waals surface area contributed by atoms with Gasteiger partial charge in [0.15, 0.2) is 0 Å². The summed E-state index contributed by atoms with van der Waals surface area (Å²) in [6.45, 7) is 7.61. The van der Waals surface area contributed by atoms with Crippen LogP contribution in [0.4, 0.5) is 0 Å². The molecular weight excluding hydrogens is 446 g/mol. The fourth-order valence-electron chi connectivity index (χ4n) is 3.23. The van der Waals surface area contributed by atoms with Gasteiger partial charge in [0.1, 0.15) is 18.1 Å². The molecule has 0 spiro atoms. The Hall–Kier alpha value is -2.73. The van der Waals surface area contributed by atoms with Gasteiger partial charge in [0.25, 0.3) is 0 Å². The number of carbonyl (C=O) groups excluding carboxylic acids is 3. The topological polar surface area (TPSA) is 214 Å². The van der Waals surface area contributed by atoms with E-state index in [0.29, 0.717) is 25.8 Å².